The largest absolute Gasteiger partial charge is 0.379 e. The van der Waals surface area contributed by atoms with Gasteiger partial charge in [0.2, 0.25) is 0 Å². The van der Waals surface area contributed by atoms with Crippen LogP contribution in [0, 0.1) is 0 Å². The van der Waals surface area contributed by atoms with Crippen LogP contribution in [0.4, 0.5) is 0 Å². The Bertz CT molecular complexity index is 83.0. The van der Waals surface area contributed by atoms with E-state index in [0.717, 1.165) is 26.3 Å². The monoisotopic (exact) mass is 167 g/mol. The molecule has 1 saturated heterocycles. The third-order valence-electron chi connectivity index (χ3n) is 1.40. The predicted octanol–water partition coefficient (Wildman–Crippen LogP) is 0.709. The Morgan fingerprint density at radius 3 is 2.33 bits per heavy atom. The molecule has 4 heteroatoms. The third-order valence-corrected chi connectivity index (χ3v) is 3.37. The van der Waals surface area contributed by atoms with E-state index in [1.807, 2.05) is 0 Å². The second-order valence-corrected chi connectivity index (χ2v) is 5.34. The average molecular weight is 167 g/mol. The summed E-state index contributed by atoms with van der Waals surface area (Å²) >= 11 is 4.38. The molecule has 0 radical (unpaired) electrons. The van der Waals surface area contributed by atoms with Gasteiger partial charge in [-0.3, -0.25) is 4.31 Å². The number of rotatable bonds is 1. The normalized spacial score (nSPS) is 28.0. The minimum absolute atomic E-state index is 0.171. The van der Waals surface area contributed by atoms with Gasteiger partial charge in [-0.25, -0.2) is 0 Å². The molecule has 0 bridgehead atoms. The van der Waals surface area contributed by atoms with Gasteiger partial charge in [0.05, 0.1) is 13.2 Å². The number of nitrogens with zero attached hydrogens (tertiary/aromatic N) is 1. The molecule has 1 unspecified atom stereocenters. The lowest BCUT2D eigenvalue weighted by Gasteiger charge is -2.31. The zero-order chi connectivity index (χ0) is 6.69. The predicted molar refractivity (Wildman–Crippen MR) is 46.3 cm³/mol. The van der Waals surface area contributed by atoms with E-state index >= 15 is 0 Å². The van der Waals surface area contributed by atoms with Gasteiger partial charge >= 0.3 is 0 Å². The third kappa shape index (κ3) is 2.37. The topological polar surface area (TPSA) is 12.5 Å². The molecule has 2 nitrogen and oxygen atoms in total. The highest BCUT2D eigenvalue weighted by Gasteiger charge is 2.10. The first-order valence-electron chi connectivity index (χ1n) is 3.06. The number of hydrogen-bond acceptors (Lipinski definition) is 3. The molecule has 0 aromatic carbocycles. The van der Waals surface area contributed by atoms with E-state index in [9.17, 15) is 0 Å². The SMILES string of the molecule is C[SH](S)N1CCOCC1. The maximum Gasteiger partial charge on any atom is 0.0603 e. The van der Waals surface area contributed by atoms with Crippen molar-refractivity contribution in [2.75, 3.05) is 32.6 Å². The molecule has 1 aliphatic heterocycles. The molecule has 1 fully saturated rings. The smallest absolute Gasteiger partial charge is 0.0603 e. The number of ether oxygens (including phenoxy) is 1. The number of morpholine rings is 1. The molecule has 1 atom stereocenters. The summed E-state index contributed by atoms with van der Waals surface area (Å²) in [6, 6.07) is 0. The van der Waals surface area contributed by atoms with Crippen LogP contribution in [-0.4, -0.2) is 36.9 Å². The van der Waals surface area contributed by atoms with Gasteiger partial charge in [0.1, 0.15) is 0 Å². The van der Waals surface area contributed by atoms with Crippen LogP contribution in [0.25, 0.3) is 0 Å². The summed E-state index contributed by atoms with van der Waals surface area (Å²) < 4.78 is 7.55. The summed E-state index contributed by atoms with van der Waals surface area (Å²) in [7, 11) is -0.171. The van der Waals surface area contributed by atoms with Crippen LogP contribution in [0.15, 0.2) is 0 Å². The van der Waals surface area contributed by atoms with Crippen molar-refractivity contribution in [3.63, 3.8) is 0 Å². The summed E-state index contributed by atoms with van der Waals surface area (Å²) in [5, 5.41) is 0. The zero-order valence-electron chi connectivity index (χ0n) is 5.58. The van der Waals surface area contributed by atoms with Gasteiger partial charge in [0.25, 0.3) is 0 Å². The lowest BCUT2D eigenvalue weighted by atomic mass is 10.5. The van der Waals surface area contributed by atoms with Crippen LogP contribution in [0.2, 0.25) is 0 Å². The van der Waals surface area contributed by atoms with Crippen LogP contribution in [0.3, 0.4) is 0 Å². The molecule has 0 N–H and O–H groups in total. The van der Waals surface area contributed by atoms with Crippen LogP contribution in [-0.2, 0) is 4.74 Å². The Hall–Kier alpha value is 0.620. The molecule has 9 heavy (non-hydrogen) atoms. The Kier molecular flexibility index (Phi) is 3.18. The summed E-state index contributed by atoms with van der Waals surface area (Å²) in [5.41, 5.74) is 0. The fraction of sp³-hybridized carbons (Fsp3) is 1.00. The first-order valence-corrected chi connectivity index (χ1v) is 5.95. The van der Waals surface area contributed by atoms with Crippen molar-refractivity contribution < 1.29 is 4.74 Å². The van der Waals surface area contributed by atoms with Gasteiger partial charge in [-0.05, 0) is 6.26 Å². The maximum atomic E-state index is 5.18. The summed E-state index contributed by atoms with van der Waals surface area (Å²) in [6.07, 6.45) is 2.16. The van der Waals surface area contributed by atoms with Crippen LogP contribution in [0.5, 0.6) is 0 Å². The van der Waals surface area contributed by atoms with E-state index in [-0.39, 0.29) is 10.1 Å². The Balaban J connectivity index is 2.23. The van der Waals surface area contributed by atoms with Crippen molar-refractivity contribution in [2.45, 2.75) is 0 Å². The molecule has 56 valence electrons. The highest BCUT2D eigenvalue weighted by Crippen LogP contribution is 2.30. The molecule has 0 saturated carbocycles. The fourth-order valence-electron chi connectivity index (χ4n) is 0.843. The Labute approximate surface area is 63.8 Å². The summed E-state index contributed by atoms with van der Waals surface area (Å²) in [6.45, 7) is 3.89. The molecule has 0 amide bonds. The van der Waals surface area contributed by atoms with E-state index < -0.39 is 0 Å². The van der Waals surface area contributed by atoms with E-state index in [1.54, 1.807) is 0 Å². The molecule has 0 spiro atoms. The Morgan fingerprint density at radius 2 is 2.00 bits per heavy atom. The molecule has 1 heterocycles. The van der Waals surface area contributed by atoms with E-state index in [0.29, 0.717) is 0 Å². The number of hydrogen-bond donors (Lipinski definition) is 2. The van der Waals surface area contributed by atoms with Crippen molar-refractivity contribution in [2.24, 2.45) is 0 Å². The first kappa shape index (κ1) is 7.72. The summed E-state index contributed by atoms with van der Waals surface area (Å²) in [5.74, 6) is 0. The molecule has 0 aromatic rings. The molecule has 0 aliphatic carbocycles. The van der Waals surface area contributed by atoms with Crippen molar-refractivity contribution in [1.82, 2.24) is 4.31 Å². The van der Waals surface area contributed by atoms with Gasteiger partial charge in [-0.1, -0.05) is 0 Å². The minimum atomic E-state index is -0.171. The molecule has 1 aliphatic rings. The lowest BCUT2D eigenvalue weighted by molar-refractivity contribution is 0.0772. The highest BCUT2D eigenvalue weighted by molar-refractivity contribution is 8.76. The number of thiol groups is 2. The zero-order valence-corrected chi connectivity index (χ0v) is 7.37. The maximum absolute atomic E-state index is 5.18. The van der Waals surface area contributed by atoms with E-state index in [1.165, 1.54) is 0 Å². The fourth-order valence-corrected chi connectivity index (χ4v) is 2.12. The van der Waals surface area contributed by atoms with Crippen molar-refractivity contribution in [3.05, 3.63) is 0 Å². The average Bonchev–Trinajstić information content (AvgIpc) is 1.90. The van der Waals surface area contributed by atoms with Crippen LogP contribution >= 0.6 is 21.8 Å². The van der Waals surface area contributed by atoms with Gasteiger partial charge < -0.3 is 4.74 Å². The molecular weight excluding hydrogens is 154 g/mol. The second-order valence-electron chi connectivity index (χ2n) is 2.06. The van der Waals surface area contributed by atoms with Gasteiger partial charge in [-0.2, -0.15) is 10.1 Å². The quantitative estimate of drug-likeness (QED) is 0.441. The Morgan fingerprint density at radius 1 is 1.44 bits per heavy atom. The molecular formula is C5H13NOS2. The molecule has 0 aromatic heterocycles. The lowest BCUT2D eigenvalue weighted by Crippen LogP contribution is -2.32. The minimum Gasteiger partial charge on any atom is -0.379 e. The van der Waals surface area contributed by atoms with E-state index in [4.69, 9.17) is 4.74 Å². The van der Waals surface area contributed by atoms with Gasteiger partial charge in [0.15, 0.2) is 0 Å². The second kappa shape index (κ2) is 3.71. The standard InChI is InChI=1S/C5H13NOS2/c1-9(8)6-2-4-7-5-3-6/h8-9H,2-5H2,1H3. The first-order chi connectivity index (χ1) is 4.30. The van der Waals surface area contributed by atoms with Crippen molar-refractivity contribution >= 4 is 21.8 Å². The highest BCUT2D eigenvalue weighted by atomic mass is 33.1. The van der Waals surface area contributed by atoms with Crippen LogP contribution in [0.1, 0.15) is 0 Å². The summed E-state index contributed by atoms with van der Waals surface area (Å²) in [4.78, 5) is 0. The van der Waals surface area contributed by atoms with Gasteiger partial charge in [0, 0.05) is 13.1 Å². The van der Waals surface area contributed by atoms with Crippen molar-refractivity contribution in [3.8, 4) is 0 Å². The van der Waals surface area contributed by atoms with Crippen LogP contribution < -0.4 is 0 Å². The molecule has 1 rings (SSSR count). The van der Waals surface area contributed by atoms with Gasteiger partial charge in [-0.15, -0.1) is 11.7 Å². The van der Waals surface area contributed by atoms with Crippen molar-refractivity contribution in [1.29, 1.82) is 0 Å². The van der Waals surface area contributed by atoms with E-state index in [2.05, 4.69) is 22.2 Å².